The van der Waals surface area contributed by atoms with Gasteiger partial charge in [0.2, 0.25) is 0 Å². The van der Waals surface area contributed by atoms with Crippen molar-refractivity contribution in [1.29, 1.82) is 5.41 Å². The first-order valence-corrected chi connectivity index (χ1v) is 5.36. The molecule has 0 bridgehead atoms. The van der Waals surface area contributed by atoms with E-state index in [-0.39, 0.29) is 5.84 Å². The van der Waals surface area contributed by atoms with Gasteiger partial charge in [0.15, 0.2) is 0 Å². The lowest BCUT2D eigenvalue weighted by Crippen LogP contribution is -2.11. The molecule has 0 amide bonds. The van der Waals surface area contributed by atoms with Gasteiger partial charge < -0.3 is 10.8 Å². The van der Waals surface area contributed by atoms with Crippen LogP contribution >= 0.6 is 0 Å². The van der Waals surface area contributed by atoms with Crippen LogP contribution in [0.3, 0.4) is 0 Å². The summed E-state index contributed by atoms with van der Waals surface area (Å²) in [6.07, 6.45) is -0.641. The lowest BCUT2D eigenvalue weighted by Gasteiger charge is -2.11. The second-order valence-corrected chi connectivity index (χ2v) is 3.85. The van der Waals surface area contributed by atoms with Crippen LogP contribution in [0.5, 0.6) is 0 Å². The highest BCUT2D eigenvalue weighted by atomic mass is 16.3. The van der Waals surface area contributed by atoms with Gasteiger partial charge in [-0.05, 0) is 11.1 Å². The third-order valence-electron chi connectivity index (χ3n) is 2.65. The molecule has 0 aliphatic heterocycles. The van der Waals surface area contributed by atoms with Crippen molar-refractivity contribution in [2.24, 2.45) is 5.73 Å². The van der Waals surface area contributed by atoms with Crippen molar-refractivity contribution in [1.82, 2.24) is 0 Å². The van der Waals surface area contributed by atoms with Crippen LogP contribution in [-0.2, 0) is 0 Å². The summed E-state index contributed by atoms with van der Waals surface area (Å²) >= 11 is 0. The molecule has 4 N–H and O–H groups in total. The van der Waals surface area contributed by atoms with E-state index in [4.69, 9.17) is 11.1 Å². The van der Waals surface area contributed by atoms with Gasteiger partial charge in [0, 0.05) is 5.56 Å². The van der Waals surface area contributed by atoms with E-state index >= 15 is 0 Å². The van der Waals surface area contributed by atoms with E-state index in [1.807, 2.05) is 30.3 Å². The van der Waals surface area contributed by atoms with Crippen molar-refractivity contribution in [3.63, 3.8) is 0 Å². The van der Waals surface area contributed by atoms with Crippen LogP contribution in [0.4, 0.5) is 0 Å². The maximum Gasteiger partial charge on any atom is 0.122 e. The van der Waals surface area contributed by atoms with E-state index in [0.717, 1.165) is 11.1 Å². The number of nitrogen functional groups attached to an aromatic ring is 1. The molecule has 0 spiro atoms. The Labute approximate surface area is 100 Å². The molecule has 2 aromatic rings. The molecule has 0 saturated carbocycles. The molecule has 0 aliphatic rings. The number of nitrogens with two attached hydrogens (primary N) is 1. The van der Waals surface area contributed by atoms with E-state index in [9.17, 15) is 5.11 Å². The summed E-state index contributed by atoms with van der Waals surface area (Å²) in [4.78, 5) is 0. The SMILES string of the molecule is N=C(N)c1ccc(C(O)c2ccccc2)cc1. The van der Waals surface area contributed by atoms with Crippen LogP contribution in [0, 0.1) is 5.41 Å². The van der Waals surface area contributed by atoms with Crippen LogP contribution in [0.25, 0.3) is 0 Å². The maximum atomic E-state index is 10.1. The van der Waals surface area contributed by atoms with Gasteiger partial charge in [-0.1, -0.05) is 54.6 Å². The Bertz CT molecular complexity index is 506. The number of aliphatic hydroxyl groups is 1. The Morgan fingerprint density at radius 3 is 2.00 bits per heavy atom. The van der Waals surface area contributed by atoms with E-state index in [1.54, 1.807) is 24.3 Å². The number of benzene rings is 2. The van der Waals surface area contributed by atoms with E-state index in [2.05, 4.69) is 0 Å². The molecular formula is C14H14N2O. The molecule has 1 atom stereocenters. The molecule has 0 saturated heterocycles. The second kappa shape index (κ2) is 4.80. The maximum absolute atomic E-state index is 10.1. The molecule has 0 aliphatic carbocycles. The van der Waals surface area contributed by atoms with E-state index in [0.29, 0.717) is 5.56 Å². The van der Waals surface area contributed by atoms with Crippen LogP contribution < -0.4 is 5.73 Å². The zero-order valence-electron chi connectivity index (χ0n) is 9.30. The van der Waals surface area contributed by atoms with Crippen molar-refractivity contribution in [2.45, 2.75) is 6.10 Å². The predicted molar refractivity (Wildman–Crippen MR) is 68.0 cm³/mol. The Morgan fingerprint density at radius 2 is 1.47 bits per heavy atom. The topological polar surface area (TPSA) is 70.1 Å². The lowest BCUT2D eigenvalue weighted by molar-refractivity contribution is 0.220. The van der Waals surface area contributed by atoms with Crippen molar-refractivity contribution in [2.75, 3.05) is 0 Å². The molecule has 0 radical (unpaired) electrons. The van der Waals surface area contributed by atoms with Gasteiger partial charge in [-0.15, -0.1) is 0 Å². The number of amidine groups is 1. The summed E-state index contributed by atoms with van der Waals surface area (Å²) in [5.74, 6) is 0.0331. The third-order valence-corrected chi connectivity index (χ3v) is 2.65. The molecule has 17 heavy (non-hydrogen) atoms. The number of aliphatic hydroxyl groups excluding tert-OH is 1. The molecule has 2 aromatic carbocycles. The summed E-state index contributed by atoms with van der Waals surface area (Å²) in [5.41, 5.74) is 7.68. The van der Waals surface area contributed by atoms with Gasteiger partial charge in [0.05, 0.1) is 0 Å². The lowest BCUT2D eigenvalue weighted by atomic mass is 10.0. The zero-order chi connectivity index (χ0) is 12.3. The summed E-state index contributed by atoms with van der Waals surface area (Å²) in [7, 11) is 0. The average molecular weight is 226 g/mol. The normalized spacial score (nSPS) is 12.1. The molecule has 0 fully saturated rings. The Kier molecular flexibility index (Phi) is 3.21. The zero-order valence-corrected chi connectivity index (χ0v) is 9.30. The van der Waals surface area contributed by atoms with Crippen molar-refractivity contribution >= 4 is 5.84 Å². The van der Waals surface area contributed by atoms with Crippen molar-refractivity contribution in [3.8, 4) is 0 Å². The van der Waals surface area contributed by atoms with E-state index < -0.39 is 6.10 Å². The fourth-order valence-electron chi connectivity index (χ4n) is 1.67. The molecule has 1 unspecified atom stereocenters. The highest BCUT2D eigenvalue weighted by Crippen LogP contribution is 2.21. The molecule has 3 nitrogen and oxygen atoms in total. The molecule has 3 heteroatoms. The average Bonchev–Trinajstić information content (AvgIpc) is 2.39. The quantitative estimate of drug-likeness (QED) is 0.553. The van der Waals surface area contributed by atoms with Crippen molar-refractivity contribution < 1.29 is 5.11 Å². The van der Waals surface area contributed by atoms with Crippen LogP contribution in [0.2, 0.25) is 0 Å². The van der Waals surface area contributed by atoms with E-state index in [1.165, 1.54) is 0 Å². The predicted octanol–water partition coefficient (Wildman–Crippen LogP) is 2.05. The highest BCUT2D eigenvalue weighted by Gasteiger charge is 2.09. The van der Waals surface area contributed by atoms with Crippen molar-refractivity contribution in [3.05, 3.63) is 71.3 Å². The third kappa shape index (κ3) is 2.52. The number of rotatable bonds is 3. The number of hydrogen-bond acceptors (Lipinski definition) is 2. The minimum atomic E-state index is -0.641. The summed E-state index contributed by atoms with van der Waals surface area (Å²) in [5, 5.41) is 17.4. The van der Waals surface area contributed by atoms with Gasteiger partial charge >= 0.3 is 0 Å². The van der Waals surface area contributed by atoms with Crippen LogP contribution in [-0.4, -0.2) is 10.9 Å². The minimum Gasteiger partial charge on any atom is -0.384 e. The smallest absolute Gasteiger partial charge is 0.122 e. The Morgan fingerprint density at radius 1 is 0.941 bits per heavy atom. The first kappa shape index (κ1) is 11.4. The largest absolute Gasteiger partial charge is 0.384 e. The molecule has 2 rings (SSSR count). The minimum absolute atomic E-state index is 0.0331. The Balaban J connectivity index is 2.26. The second-order valence-electron chi connectivity index (χ2n) is 3.85. The van der Waals surface area contributed by atoms with Gasteiger partial charge in [-0.2, -0.15) is 0 Å². The fraction of sp³-hybridized carbons (Fsp3) is 0.0714. The fourth-order valence-corrected chi connectivity index (χ4v) is 1.67. The number of nitrogens with one attached hydrogen (secondary N) is 1. The first-order chi connectivity index (χ1) is 8.18. The summed E-state index contributed by atoms with van der Waals surface area (Å²) in [6, 6.07) is 16.5. The van der Waals surface area contributed by atoms with Crippen LogP contribution in [0.1, 0.15) is 22.8 Å². The molecule has 0 heterocycles. The van der Waals surface area contributed by atoms with Gasteiger partial charge in [0.1, 0.15) is 11.9 Å². The Hall–Kier alpha value is -2.13. The standard InChI is InChI=1S/C14H14N2O/c15-14(16)12-8-6-11(7-9-12)13(17)10-4-2-1-3-5-10/h1-9,13,17H,(H3,15,16). The number of hydrogen-bond donors (Lipinski definition) is 3. The van der Waals surface area contributed by atoms with Crippen LogP contribution in [0.15, 0.2) is 54.6 Å². The monoisotopic (exact) mass is 226 g/mol. The molecule has 86 valence electrons. The summed E-state index contributed by atoms with van der Waals surface area (Å²) in [6.45, 7) is 0. The van der Waals surface area contributed by atoms with Gasteiger partial charge in [0.25, 0.3) is 0 Å². The first-order valence-electron chi connectivity index (χ1n) is 5.36. The molecule has 0 aromatic heterocycles. The molecular weight excluding hydrogens is 212 g/mol. The van der Waals surface area contributed by atoms with Gasteiger partial charge in [-0.25, -0.2) is 0 Å². The highest BCUT2D eigenvalue weighted by molar-refractivity contribution is 5.94. The summed E-state index contributed by atoms with van der Waals surface area (Å²) < 4.78 is 0. The van der Waals surface area contributed by atoms with Gasteiger partial charge in [-0.3, -0.25) is 5.41 Å².